The molecule has 0 unspecified atom stereocenters. The lowest BCUT2D eigenvalue weighted by Crippen LogP contribution is -2.49. The van der Waals surface area contributed by atoms with Gasteiger partial charge in [-0.05, 0) is 39.0 Å². The van der Waals surface area contributed by atoms with Gasteiger partial charge in [0.25, 0.3) is 0 Å². The van der Waals surface area contributed by atoms with Crippen LogP contribution < -0.4 is 5.32 Å². The number of aromatic nitrogens is 1. The van der Waals surface area contributed by atoms with Crippen LogP contribution in [-0.2, 0) is 6.54 Å². The number of likely N-dealkylation sites (tertiary alicyclic amines) is 1. The van der Waals surface area contributed by atoms with Crippen LogP contribution in [0, 0.1) is 0 Å². The van der Waals surface area contributed by atoms with Crippen LogP contribution in [0.15, 0.2) is 18.3 Å². The van der Waals surface area contributed by atoms with Crippen molar-refractivity contribution in [1.29, 1.82) is 0 Å². The van der Waals surface area contributed by atoms with Crippen molar-refractivity contribution in [3.8, 4) is 0 Å². The van der Waals surface area contributed by atoms with Gasteiger partial charge in [-0.25, -0.2) is 9.78 Å². The molecule has 0 saturated carbocycles. The summed E-state index contributed by atoms with van der Waals surface area (Å²) in [6.45, 7) is 2.81. The van der Waals surface area contributed by atoms with Gasteiger partial charge < -0.3 is 9.80 Å². The van der Waals surface area contributed by atoms with Crippen LogP contribution in [0.2, 0.25) is 0 Å². The highest BCUT2D eigenvalue weighted by molar-refractivity contribution is 5.91. The quantitative estimate of drug-likeness (QED) is 0.817. The van der Waals surface area contributed by atoms with Crippen molar-refractivity contribution in [2.45, 2.75) is 25.4 Å². The van der Waals surface area contributed by atoms with E-state index in [1.54, 1.807) is 6.20 Å². The lowest BCUT2D eigenvalue weighted by molar-refractivity contribution is 0.133. The summed E-state index contributed by atoms with van der Waals surface area (Å²) in [4.78, 5) is 20.6. The highest BCUT2D eigenvalue weighted by atomic mass is 16.2. The fourth-order valence-electron chi connectivity index (χ4n) is 2.71. The Balaban J connectivity index is 1.76. The number of hydrogen-bond donors (Lipinski definition) is 1. The maximum Gasteiger partial charge on any atom is 0.323 e. The van der Waals surface area contributed by atoms with Crippen LogP contribution in [0.5, 0.6) is 0 Å². The van der Waals surface area contributed by atoms with E-state index in [0.717, 1.165) is 31.5 Å². The largest absolute Gasteiger partial charge is 0.323 e. The second-order valence-electron chi connectivity index (χ2n) is 5.10. The number of carbonyl (C=O) groups is 1. The van der Waals surface area contributed by atoms with E-state index >= 15 is 0 Å². The van der Waals surface area contributed by atoms with Gasteiger partial charge in [-0.3, -0.25) is 5.32 Å². The van der Waals surface area contributed by atoms with Gasteiger partial charge in [0.15, 0.2) is 0 Å². The lowest BCUT2D eigenvalue weighted by atomic mass is 10.0. The molecule has 1 fully saturated rings. The SMILES string of the molecule is CN1CCC(N2Cc3cccnc3NC2=O)CC1. The molecule has 0 atom stereocenters. The van der Waals surface area contributed by atoms with Gasteiger partial charge in [0, 0.05) is 17.8 Å². The van der Waals surface area contributed by atoms with Gasteiger partial charge in [-0.2, -0.15) is 0 Å². The maximum absolute atomic E-state index is 12.1. The summed E-state index contributed by atoms with van der Waals surface area (Å²) in [5.41, 5.74) is 1.11. The first-order chi connectivity index (χ1) is 8.74. The average Bonchev–Trinajstić information content (AvgIpc) is 2.39. The molecule has 96 valence electrons. The van der Waals surface area contributed by atoms with Gasteiger partial charge in [-0.15, -0.1) is 0 Å². The van der Waals surface area contributed by atoms with Gasteiger partial charge >= 0.3 is 6.03 Å². The molecule has 2 aliphatic heterocycles. The first kappa shape index (κ1) is 11.5. The smallest absolute Gasteiger partial charge is 0.317 e. The highest BCUT2D eigenvalue weighted by Gasteiger charge is 2.31. The zero-order valence-corrected chi connectivity index (χ0v) is 10.6. The Morgan fingerprint density at radius 1 is 1.39 bits per heavy atom. The van der Waals surface area contributed by atoms with Crippen LogP contribution in [0.3, 0.4) is 0 Å². The number of carbonyl (C=O) groups excluding carboxylic acids is 1. The molecule has 0 spiro atoms. The summed E-state index contributed by atoms with van der Waals surface area (Å²) in [6.07, 6.45) is 3.82. The second kappa shape index (κ2) is 4.57. The molecule has 2 amide bonds. The van der Waals surface area contributed by atoms with Gasteiger partial charge in [0.1, 0.15) is 5.82 Å². The topological polar surface area (TPSA) is 48.5 Å². The Hall–Kier alpha value is -1.62. The Morgan fingerprint density at radius 2 is 2.17 bits per heavy atom. The van der Waals surface area contributed by atoms with E-state index in [2.05, 4.69) is 22.2 Å². The zero-order valence-electron chi connectivity index (χ0n) is 10.6. The number of pyridine rings is 1. The summed E-state index contributed by atoms with van der Waals surface area (Å²) in [6, 6.07) is 4.30. The minimum atomic E-state index is -0.00393. The van der Waals surface area contributed by atoms with E-state index in [-0.39, 0.29) is 6.03 Å². The van der Waals surface area contributed by atoms with Crippen LogP contribution in [0.1, 0.15) is 18.4 Å². The number of piperidine rings is 1. The van der Waals surface area contributed by atoms with Crippen LogP contribution in [0.4, 0.5) is 10.6 Å². The van der Waals surface area contributed by atoms with Crippen LogP contribution in [0.25, 0.3) is 0 Å². The molecule has 5 nitrogen and oxygen atoms in total. The van der Waals surface area contributed by atoms with Crippen LogP contribution >= 0.6 is 0 Å². The Bertz CT molecular complexity index is 454. The number of fused-ring (bicyclic) bond motifs is 1. The number of anilines is 1. The second-order valence-corrected chi connectivity index (χ2v) is 5.10. The van der Waals surface area contributed by atoms with E-state index in [1.807, 2.05) is 17.0 Å². The molecule has 1 aromatic heterocycles. The van der Waals surface area contributed by atoms with E-state index in [4.69, 9.17) is 0 Å². The predicted octanol–water partition coefficient (Wildman–Crippen LogP) is 1.52. The molecule has 3 heterocycles. The first-order valence-electron chi connectivity index (χ1n) is 6.44. The third-order valence-corrected chi connectivity index (χ3v) is 3.85. The predicted molar refractivity (Wildman–Crippen MR) is 69.3 cm³/mol. The molecule has 2 aliphatic rings. The number of amides is 2. The third kappa shape index (κ3) is 2.06. The van der Waals surface area contributed by atoms with E-state index in [9.17, 15) is 4.79 Å². The molecule has 1 aromatic rings. The Labute approximate surface area is 107 Å². The average molecular weight is 246 g/mol. The number of nitrogens with one attached hydrogen (secondary N) is 1. The zero-order chi connectivity index (χ0) is 12.5. The number of rotatable bonds is 1. The minimum absolute atomic E-state index is 0.00393. The van der Waals surface area contributed by atoms with Crippen molar-refractivity contribution in [1.82, 2.24) is 14.8 Å². The van der Waals surface area contributed by atoms with Crippen molar-refractivity contribution >= 4 is 11.8 Å². The maximum atomic E-state index is 12.1. The molecule has 0 bridgehead atoms. The molecule has 0 radical (unpaired) electrons. The first-order valence-corrected chi connectivity index (χ1v) is 6.44. The molecular weight excluding hydrogens is 228 g/mol. The van der Waals surface area contributed by atoms with Crippen molar-refractivity contribution < 1.29 is 4.79 Å². The fraction of sp³-hybridized carbons (Fsp3) is 0.538. The standard InChI is InChI=1S/C13H18N4O/c1-16-7-4-11(5-8-16)17-9-10-3-2-6-14-12(10)15-13(17)18/h2-3,6,11H,4-5,7-9H2,1H3,(H,14,15,18). The summed E-state index contributed by atoms with van der Waals surface area (Å²) in [5.74, 6) is 0.715. The molecule has 5 heteroatoms. The molecule has 0 aromatic carbocycles. The third-order valence-electron chi connectivity index (χ3n) is 3.85. The van der Waals surface area contributed by atoms with Gasteiger partial charge in [-0.1, -0.05) is 6.07 Å². The molecule has 18 heavy (non-hydrogen) atoms. The Kier molecular flexibility index (Phi) is 2.91. The van der Waals surface area contributed by atoms with Crippen LogP contribution in [-0.4, -0.2) is 47.0 Å². The Morgan fingerprint density at radius 3 is 2.94 bits per heavy atom. The van der Waals surface area contributed by atoms with Gasteiger partial charge in [0.2, 0.25) is 0 Å². The monoisotopic (exact) mass is 246 g/mol. The number of nitrogens with zero attached hydrogens (tertiary/aromatic N) is 3. The fourth-order valence-corrected chi connectivity index (χ4v) is 2.71. The van der Waals surface area contributed by atoms with Crippen molar-refractivity contribution in [2.24, 2.45) is 0 Å². The van der Waals surface area contributed by atoms with E-state index in [1.165, 1.54) is 0 Å². The molecule has 0 aliphatic carbocycles. The van der Waals surface area contributed by atoms with E-state index < -0.39 is 0 Å². The molecule has 3 rings (SSSR count). The summed E-state index contributed by atoms with van der Waals surface area (Å²) < 4.78 is 0. The van der Waals surface area contributed by atoms with Gasteiger partial charge in [0.05, 0.1) is 6.54 Å². The number of urea groups is 1. The minimum Gasteiger partial charge on any atom is -0.317 e. The molecular formula is C13H18N4O. The van der Waals surface area contributed by atoms with E-state index in [0.29, 0.717) is 18.4 Å². The van der Waals surface area contributed by atoms with Crippen molar-refractivity contribution in [3.63, 3.8) is 0 Å². The highest BCUT2D eigenvalue weighted by Crippen LogP contribution is 2.25. The van der Waals surface area contributed by atoms with Crippen molar-refractivity contribution in [3.05, 3.63) is 23.9 Å². The summed E-state index contributed by atoms with van der Waals surface area (Å²) >= 11 is 0. The number of hydrogen-bond acceptors (Lipinski definition) is 3. The molecule has 1 saturated heterocycles. The normalized spacial score (nSPS) is 21.6. The van der Waals surface area contributed by atoms with Crippen molar-refractivity contribution in [2.75, 3.05) is 25.5 Å². The molecule has 1 N–H and O–H groups in total. The summed E-state index contributed by atoms with van der Waals surface area (Å²) in [5, 5.41) is 2.88. The summed E-state index contributed by atoms with van der Waals surface area (Å²) in [7, 11) is 2.13. The lowest BCUT2D eigenvalue weighted by Gasteiger charge is -2.39.